The molecule has 4 nitrogen and oxygen atoms in total. The van der Waals surface area contributed by atoms with Crippen LogP contribution in [0.5, 0.6) is 0 Å². The van der Waals surface area contributed by atoms with Crippen LogP contribution in [0, 0.1) is 6.92 Å². The second-order valence-electron chi connectivity index (χ2n) is 5.22. The maximum absolute atomic E-state index is 11.3. The van der Waals surface area contributed by atoms with Gasteiger partial charge in [0.2, 0.25) is 0 Å². The molecule has 0 aliphatic heterocycles. The SMILES string of the molecule is Cc1nccn1CCCCCCCC(=O)OC(C)C. The van der Waals surface area contributed by atoms with Gasteiger partial charge in [0.15, 0.2) is 0 Å². The number of esters is 1. The smallest absolute Gasteiger partial charge is 0.306 e. The summed E-state index contributed by atoms with van der Waals surface area (Å²) in [6.07, 6.45) is 10.0. The van der Waals surface area contributed by atoms with E-state index in [4.69, 9.17) is 4.74 Å². The Morgan fingerprint density at radius 1 is 1.26 bits per heavy atom. The molecule has 0 aliphatic rings. The van der Waals surface area contributed by atoms with Crippen molar-refractivity contribution < 1.29 is 9.53 Å². The first-order valence-corrected chi connectivity index (χ1v) is 7.27. The van der Waals surface area contributed by atoms with Crippen LogP contribution in [-0.4, -0.2) is 21.6 Å². The number of hydrogen-bond donors (Lipinski definition) is 0. The number of ether oxygens (including phenoxy) is 1. The summed E-state index contributed by atoms with van der Waals surface area (Å²) >= 11 is 0. The van der Waals surface area contributed by atoms with E-state index < -0.39 is 0 Å². The van der Waals surface area contributed by atoms with Crippen molar-refractivity contribution in [1.29, 1.82) is 0 Å². The van der Waals surface area contributed by atoms with Gasteiger partial charge in [0.25, 0.3) is 0 Å². The van der Waals surface area contributed by atoms with Crippen molar-refractivity contribution in [2.45, 2.75) is 71.9 Å². The van der Waals surface area contributed by atoms with Crippen LogP contribution in [0.2, 0.25) is 0 Å². The Morgan fingerprint density at radius 2 is 1.95 bits per heavy atom. The van der Waals surface area contributed by atoms with Gasteiger partial charge in [0.05, 0.1) is 6.10 Å². The number of imidazole rings is 1. The number of aryl methyl sites for hydroxylation is 2. The number of hydrogen-bond acceptors (Lipinski definition) is 3. The van der Waals surface area contributed by atoms with E-state index in [0.717, 1.165) is 25.2 Å². The molecule has 19 heavy (non-hydrogen) atoms. The van der Waals surface area contributed by atoms with Gasteiger partial charge >= 0.3 is 5.97 Å². The Labute approximate surface area is 116 Å². The molecule has 0 saturated carbocycles. The minimum atomic E-state index is -0.0657. The Kier molecular flexibility index (Phi) is 7.23. The Morgan fingerprint density at radius 3 is 2.58 bits per heavy atom. The molecule has 0 atom stereocenters. The Balaban J connectivity index is 1.94. The van der Waals surface area contributed by atoms with Crippen molar-refractivity contribution >= 4 is 5.97 Å². The second kappa shape index (κ2) is 8.73. The van der Waals surface area contributed by atoms with Crippen LogP contribution in [0.15, 0.2) is 12.4 Å². The molecule has 1 aromatic rings. The lowest BCUT2D eigenvalue weighted by Gasteiger charge is -2.07. The summed E-state index contributed by atoms with van der Waals surface area (Å²) in [5, 5.41) is 0. The van der Waals surface area contributed by atoms with E-state index in [-0.39, 0.29) is 12.1 Å². The molecule has 108 valence electrons. The van der Waals surface area contributed by atoms with Crippen molar-refractivity contribution in [1.82, 2.24) is 9.55 Å². The molecule has 1 rings (SSSR count). The van der Waals surface area contributed by atoms with Crippen LogP contribution in [-0.2, 0) is 16.1 Å². The highest BCUT2D eigenvalue weighted by molar-refractivity contribution is 5.69. The number of aromatic nitrogens is 2. The average molecular weight is 266 g/mol. The molecule has 0 radical (unpaired) electrons. The van der Waals surface area contributed by atoms with Crippen LogP contribution in [0.3, 0.4) is 0 Å². The van der Waals surface area contributed by atoms with Crippen LogP contribution in [0.25, 0.3) is 0 Å². The lowest BCUT2D eigenvalue weighted by atomic mass is 10.1. The molecule has 1 aromatic heterocycles. The van der Waals surface area contributed by atoms with Crippen LogP contribution >= 0.6 is 0 Å². The molecule has 0 amide bonds. The molecular formula is C15H26N2O2. The maximum Gasteiger partial charge on any atom is 0.306 e. The zero-order valence-electron chi connectivity index (χ0n) is 12.4. The molecule has 0 saturated heterocycles. The van der Waals surface area contributed by atoms with E-state index in [0.29, 0.717) is 6.42 Å². The van der Waals surface area contributed by atoms with Gasteiger partial charge in [-0.05, 0) is 33.6 Å². The van der Waals surface area contributed by atoms with Crippen molar-refractivity contribution in [2.24, 2.45) is 0 Å². The number of carbonyl (C=O) groups excluding carboxylic acids is 1. The van der Waals surface area contributed by atoms with E-state index in [2.05, 4.69) is 9.55 Å². The van der Waals surface area contributed by atoms with E-state index >= 15 is 0 Å². The molecule has 0 unspecified atom stereocenters. The maximum atomic E-state index is 11.3. The first-order valence-electron chi connectivity index (χ1n) is 7.27. The first-order chi connectivity index (χ1) is 9.09. The summed E-state index contributed by atoms with van der Waals surface area (Å²) in [5.41, 5.74) is 0. The van der Waals surface area contributed by atoms with Crippen molar-refractivity contribution in [3.63, 3.8) is 0 Å². The van der Waals surface area contributed by atoms with E-state index in [1.807, 2.05) is 33.2 Å². The fourth-order valence-corrected chi connectivity index (χ4v) is 2.04. The highest BCUT2D eigenvalue weighted by Gasteiger charge is 2.04. The minimum Gasteiger partial charge on any atom is -0.463 e. The highest BCUT2D eigenvalue weighted by Crippen LogP contribution is 2.08. The summed E-state index contributed by atoms with van der Waals surface area (Å²) in [6.45, 7) is 6.84. The van der Waals surface area contributed by atoms with E-state index in [1.165, 1.54) is 19.3 Å². The van der Waals surface area contributed by atoms with Crippen molar-refractivity contribution in [3.8, 4) is 0 Å². The van der Waals surface area contributed by atoms with Gasteiger partial charge in [-0.15, -0.1) is 0 Å². The molecule has 0 aliphatic carbocycles. The molecule has 0 bridgehead atoms. The third kappa shape index (κ3) is 6.99. The van der Waals surface area contributed by atoms with Crippen LogP contribution < -0.4 is 0 Å². The normalized spacial score (nSPS) is 10.9. The molecule has 4 heteroatoms. The third-order valence-electron chi connectivity index (χ3n) is 3.07. The Bertz CT molecular complexity index is 372. The van der Waals surface area contributed by atoms with Gasteiger partial charge in [0, 0.05) is 25.4 Å². The number of carbonyl (C=O) groups is 1. The summed E-state index contributed by atoms with van der Waals surface area (Å²) < 4.78 is 7.27. The predicted molar refractivity (Wildman–Crippen MR) is 75.9 cm³/mol. The predicted octanol–water partition coefficient (Wildman–Crippen LogP) is 3.48. The topological polar surface area (TPSA) is 44.1 Å². The lowest BCUT2D eigenvalue weighted by Crippen LogP contribution is -2.10. The van der Waals surface area contributed by atoms with Gasteiger partial charge in [0.1, 0.15) is 5.82 Å². The first kappa shape index (κ1) is 15.7. The van der Waals surface area contributed by atoms with Crippen molar-refractivity contribution in [3.05, 3.63) is 18.2 Å². The van der Waals surface area contributed by atoms with Gasteiger partial charge in [-0.2, -0.15) is 0 Å². The summed E-state index contributed by atoms with van der Waals surface area (Å²) in [4.78, 5) is 15.5. The van der Waals surface area contributed by atoms with Crippen LogP contribution in [0.1, 0.15) is 58.2 Å². The number of unbranched alkanes of at least 4 members (excludes halogenated alkanes) is 4. The molecule has 0 N–H and O–H groups in total. The zero-order valence-corrected chi connectivity index (χ0v) is 12.4. The summed E-state index contributed by atoms with van der Waals surface area (Å²) in [7, 11) is 0. The standard InChI is InChI=1S/C15H26N2O2/c1-13(2)19-15(18)9-7-5-4-6-8-11-17-12-10-16-14(17)3/h10,12-13H,4-9,11H2,1-3H3. The average Bonchev–Trinajstić information content (AvgIpc) is 2.73. The quantitative estimate of drug-likeness (QED) is 0.507. The Hall–Kier alpha value is -1.32. The monoisotopic (exact) mass is 266 g/mol. The van der Waals surface area contributed by atoms with Gasteiger partial charge in [-0.25, -0.2) is 4.98 Å². The van der Waals surface area contributed by atoms with Gasteiger partial charge in [-0.3, -0.25) is 4.79 Å². The zero-order chi connectivity index (χ0) is 14.1. The number of nitrogens with zero attached hydrogens (tertiary/aromatic N) is 2. The molecule has 0 fully saturated rings. The van der Waals surface area contributed by atoms with Crippen molar-refractivity contribution in [2.75, 3.05) is 0 Å². The number of rotatable bonds is 9. The van der Waals surface area contributed by atoms with E-state index in [1.54, 1.807) is 0 Å². The third-order valence-corrected chi connectivity index (χ3v) is 3.07. The highest BCUT2D eigenvalue weighted by atomic mass is 16.5. The molecule has 0 aromatic carbocycles. The fourth-order valence-electron chi connectivity index (χ4n) is 2.04. The van der Waals surface area contributed by atoms with Gasteiger partial charge in [-0.1, -0.05) is 19.3 Å². The summed E-state index contributed by atoms with van der Waals surface area (Å²) in [5.74, 6) is 1.01. The van der Waals surface area contributed by atoms with E-state index in [9.17, 15) is 4.79 Å². The minimum absolute atomic E-state index is 0.00548. The molecular weight excluding hydrogens is 240 g/mol. The second-order valence-corrected chi connectivity index (χ2v) is 5.22. The van der Waals surface area contributed by atoms with Gasteiger partial charge < -0.3 is 9.30 Å². The fraction of sp³-hybridized carbons (Fsp3) is 0.733. The summed E-state index contributed by atoms with van der Waals surface area (Å²) in [6, 6.07) is 0. The molecule has 0 spiro atoms. The largest absolute Gasteiger partial charge is 0.463 e. The van der Waals surface area contributed by atoms with Crippen LogP contribution in [0.4, 0.5) is 0 Å². The molecule has 1 heterocycles. The lowest BCUT2D eigenvalue weighted by molar-refractivity contribution is -0.147.